The number of carbonyl (C=O) groups excluding carboxylic acids is 3. The van der Waals surface area contributed by atoms with Crippen LogP contribution in [0.25, 0.3) is 0 Å². The first-order valence-electron chi connectivity index (χ1n) is 10.8. The van der Waals surface area contributed by atoms with E-state index >= 15 is 0 Å². The minimum absolute atomic E-state index is 0.0478. The summed E-state index contributed by atoms with van der Waals surface area (Å²) in [5.41, 5.74) is 7.68. The average Bonchev–Trinajstić information content (AvgIpc) is 3.16. The lowest BCUT2D eigenvalue weighted by Crippen LogP contribution is -2.60. The second kappa shape index (κ2) is 7.32. The van der Waals surface area contributed by atoms with Gasteiger partial charge in [0.1, 0.15) is 17.7 Å². The Morgan fingerprint density at radius 1 is 1.31 bits per heavy atom. The van der Waals surface area contributed by atoms with Crippen molar-refractivity contribution in [3.8, 4) is 5.88 Å². The lowest BCUT2D eigenvalue weighted by atomic mass is 9.52. The molecule has 3 heterocycles. The van der Waals surface area contributed by atoms with E-state index in [4.69, 9.17) is 10.5 Å². The third-order valence-electron chi connectivity index (χ3n) is 7.15. The van der Waals surface area contributed by atoms with Gasteiger partial charge in [-0.15, -0.1) is 0 Å². The van der Waals surface area contributed by atoms with Crippen molar-refractivity contribution < 1.29 is 19.1 Å². The van der Waals surface area contributed by atoms with Crippen LogP contribution >= 0.6 is 0 Å². The standard InChI is InChI=1S/C22H26N6O4/c1-12-13(11-25-27(12)2)6-17-20(30)28(21(31)26-17)14-7-22(8-14)9-15(10-22)32-19-16(18(23)29)4-3-5-24-19/h3-5,11,14-15,17H,6-10H2,1-2H3,(H2,23,29)(H,26,31). The molecule has 32 heavy (non-hydrogen) atoms. The SMILES string of the molecule is Cc1c(CC2NC(=O)N(C3CC4(CC(Oc5ncccc5C(N)=O)C4)C3)C2=O)cnn1C. The van der Waals surface area contributed by atoms with Crippen LogP contribution in [0.3, 0.4) is 0 Å². The van der Waals surface area contributed by atoms with Gasteiger partial charge in [-0.05, 0) is 55.7 Å². The first-order chi connectivity index (χ1) is 15.3. The summed E-state index contributed by atoms with van der Waals surface area (Å²) in [5.74, 6) is -0.469. The van der Waals surface area contributed by atoms with Crippen LogP contribution in [0.5, 0.6) is 5.88 Å². The number of aryl methyl sites for hydroxylation is 1. The van der Waals surface area contributed by atoms with E-state index in [1.54, 1.807) is 29.2 Å². The summed E-state index contributed by atoms with van der Waals surface area (Å²) in [7, 11) is 1.85. The zero-order valence-electron chi connectivity index (χ0n) is 18.1. The van der Waals surface area contributed by atoms with Gasteiger partial charge in [0.05, 0.1) is 6.20 Å². The number of aromatic nitrogens is 3. The summed E-state index contributed by atoms with van der Waals surface area (Å²) in [6.07, 6.45) is 6.87. The second-order valence-corrected chi connectivity index (χ2v) is 9.22. The van der Waals surface area contributed by atoms with E-state index in [0.717, 1.165) is 36.9 Å². The Morgan fingerprint density at radius 3 is 2.72 bits per heavy atom. The third-order valence-corrected chi connectivity index (χ3v) is 7.15. The number of urea groups is 1. The number of rotatable bonds is 6. The smallest absolute Gasteiger partial charge is 0.325 e. The normalized spacial score (nSPS) is 28.9. The van der Waals surface area contributed by atoms with E-state index in [0.29, 0.717) is 6.42 Å². The van der Waals surface area contributed by atoms with E-state index in [9.17, 15) is 14.4 Å². The fourth-order valence-electron chi connectivity index (χ4n) is 5.27. The molecule has 168 valence electrons. The molecule has 3 fully saturated rings. The summed E-state index contributed by atoms with van der Waals surface area (Å²) < 4.78 is 7.65. The van der Waals surface area contributed by atoms with Gasteiger partial charge in [-0.25, -0.2) is 9.78 Å². The fourth-order valence-corrected chi connectivity index (χ4v) is 5.27. The molecule has 10 heteroatoms. The zero-order chi connectivity index (χ0) is 22.6. The van der Waals surface area contributed by atoms with Crippen molar-refractivity contribution in [2.24, 2.45) is 18.2 Å². The number of imide groups is 1. The molecule has 0 aromatic carbocycles. The summed E-state index contributed by atoms with van der Waals surface area (Å²) in [4.78, 5) is 42.5. The van der Waals surface area contributed by atoms with Gasteiger partial charge in [0.15, 0.2) is 0 Å². The molecular weight excluding hydrogens is 412 g/mol. The molecule has 10 nitrogen and oxygen atoms in total. The van der Waals surface area contributed by atoms with Crippen LogP contribution in [0, 0.1) is 12.3 Å². The maximum absolute atomic E-state index is 12.9. The van der Waals surface area contributed by atoms with Gasteiger partial charge in [-0.2, -0.15) is 5.10 Å². The molecule has 0 radical (unpaired) electrons. The van der Waals surface area contributed by atoms with Crippen molar-refractivity contribution in [1.82, 2.24) is 25.0 Å². The Morgan fingerprint density at radius 2 is 2.06 bits per heavy atom. The molecule has 2 aromatic rings. The van der Waals surface area contributed by atoms with Crippen LogP contribution in [0.1, 0.15) is 47.3 Å². The monoisotopic (exact) mass is 438 g/mol. The van der Waals surface area contributed by atoms with Gasteiger partial charge in [-0.3, -0.25) is 19.2 Å². The molecule has 2 aromatic heterocycles. The fraction of sp³-hybridized carbons (Fsp3) is 0.500. The summed E-state index contributed by atoms with van der Waals surface area (Å²) in [6.45, 7) is 1.95. The molecule has 1 spiro atoms. The highest BCUT2D eigenvalue weighted by Crippen LogP contribution is 2.58. The van der Waals surface area contributed by atoms with Crippen molar-refractivity contribution in [2.45, 2.75) is 57.2 Å². The average molecular weight is 438 g/mol. The molecule has 3 N–H and O–H groups in total. The zero-order valence-corrected chi connectivity index (χ0v) is 18.1. The quantitative estimate of drug-likeness (QED) is 0.649. The van der Waals surface area contributed by atoms with E-state index in [1.165, 1.54) is 4.90 Å². The molecule has 1 unspecified atom stereocenters. The highest BCUT2D eigenvalue weighted by molar-refractivity contribution is 6.04. The first kappa shape index (κ1) is 20.5. The summed E-state index contributed by atoms with van der Waals surface area (Å²) in [5, 5.41) is 7.04. The number of amides is 4. The van der Waals surface area contributed by atoms with E-state index in [-0.39, 0.29) is 40.9 Å². The number of hydrogen-bond donors (Lipinski definition) is 2. The number of primary amides is 1. The predicted molar refractivity (Wildman–Crippen MR) is 113 cm³/mol. The van der Waals surface area contributed by atoms with Gasteiger partial charge in [0.25, 0.3) is 11.8 Å². The topological polar surface area (TPSA) is 132 Å². The Bertz CT molecular complexity index is 1100. The highest BCUT2D eigenvalue weighted by Gasteiger charge is 2.58. The Kier molecular flexibility index (Phi) is 4.68. The molecule has 4 amide bonds. The maximum Gasteiger partial charge on any atom is 0.325 e. The molecular formula is C22H26N6O4. The maximum atomic E-state index is 12.9. The van der Waals surface area contributed by atoms with E-state index in [1.807, 2.05) is 14.0 Å². The molecule has 5 rings (SSSR count). The van der Waals surface area contributed by atoms with E-state index < -0.39 is 11.9 Å². The molecule has 0 bridgehead atoms. The largest absolute Gasteiger partial charge is 0.474 e. The molecule has 2 aliphatic carbocycles. The number of pyridine rings is 1. The van der Waals surface area contributed by atoms with Crippen LogP contribution in [0.2, 0.25) is 0 Å². The van der Waals surface area contributed by atoms with Crippen molar-refractivity contribution in [3.05, 3.63) is 41.3 Å². The number of carbonyl (C=O) groups is 3. The van der Waals surface area contributed by atoms with E-state index in [2.05, 4.69) is 15.4 Å². The number of nitrogens with two attached hydrogens (primary N) is 1. The molecule has 3 aliphatic rings. The number of nitrogens with one attached hydrogen (secondary N) is 1. The Hall–Kier alpha value is -3.43. The molecule has 2 saturated carbocycles. The first-order valence-corrected chi connectivity index (χ1v) is 10.8. The van der Waals surface area contributed by atoms with Crippen LogP contribution in [0.15, 0.2) is 24.5 Å². The summed E-state index contributed by atoms with van der Waals surface area (Å²) in [6, 6.07) is 2.30. The van der Waals surface area contributed by atoms with Crippen LogP contribution in [-0.4, -0.2) is 55.7 Å². The van der Waals surface area contributed by atoms with Gasteiger partial charge in [0.2, 0.25) is 5.88 Å². The van der Waals surface area contributed by atoms with Crippen LogP contribution in [-0.2, 0) is 18.3 Å². The minimum atomic E-state index is -0.569. The second-order valence-electron chi connectivity index (χ2n) is 9.22. The Labute approximate surface area is 185 Å². The Balaban J connectivity index is 1.16. The molecule has 1 saturated heterocycles. The molecule has 1 aliphatic heterocycles. The van der Waals surface area contributed by atoms with Crippen LogP contribution < -0.4 is 15.8 Å². The van der Waals surface area contributed by atoms with Crippen molar-refractivity contribution in [1.29, 1.82) is 0 Å². The van der Waals surface area contributed by atoms with Crippen molar-refractivity contribution >= 4 is 17.8 Å². The van der Waals surface area contributed by atoms with Crippen LogP contribution in [0.4, 0.5) is 4.79 Å². The minimum Gasteiger partial charge on any atom is -0.474 e. The predicted octanol–water partition coefficient (Wildman–Crippen LogP) is 1.08. The van der Waals surface area contributed by atoms with Gasteiger partial charge < -0.3 is 15.8 Å². The molecule has 1 atom stereocenters. The highest BCUT2D eigenvalue weighted by atomic mass is 16.5. The number of nitrogens with zero attached hydrogens (tertiary/aromatic N) is 4. The van der Waals surface area contributed by atoms with Crippen molar-refractivity contribution in [3.63, 3.8) is 0 Å². The lowest BCUT2D eigenvalue weighted by Gasteiger charge is -2.58. The number of ether oxygens (including phenoxy) is 1. The lowest BCUT2D eigenvalue weighted by molar-refractivity contribution is -0.140. The number of hydrogen-bond acceptors (Lipinski definition) is 6. The van der Waals surface area contributed by atoms with Gasteiger partial charge in [0, 0.05) is 31.4 Å². The summed E-state index contributed by atoms with van der Waals surface area (Å²) >= 11 is 0. The van der Waals surface area contributed by atoms with Gasteiger partial charge >= 0.3 is 6.03 Å². The van der Waals surface area contributed by atoms with Gasteiger partial charge in [-0.1, -0.05) is 0 Å². The third kappa shape index (κ3) is 3.30. The van der Waals surface area contributed by atoms with Crippen molar-refractivity contribution in [2.75, 3.05) is 0 Å².